The second-order valence-corrected chi connectivity index (χ2v) is 12.3. The number of hydrogen-bond acceptors (Lipinski definition) is 3. The van der Waals surface area contributed by atoms with Gasteiger partial charge in [0, 0.05) is 30.7 Å². The number of halogens is 1. The highest BCUT2D eigenvalue weighted by molar-refractivity contribution is 9.10. The molecule has 28 heavy (non-hydrogen) atoms. The minimum atomic E-state index is -3.61. The summed E-state index contributed by atoms with van der Waals surface area (Å²) in [6.45, 7) is 0.664. The molecule has 0 radical (unpaired) electrons. The van der Waals surface area contributed by atoms with Crippen molar-refractivity contribution in [2.24, 2.45) is 23.2 Å². The number of rotatable bonds is 6. The van der Waals surface area contributed by atoms with Gasteiger partial charge in [-0.1, -0.05) is 0 Å². The molecular weight excluding hydrogens is 440 g/mol. The molecule has 1 N–H and O–H groups in total. The lowest BCUT2D eigenvalue weighted by molar-refractivity contribution is -0.0564. The van der Waals surface area contributed by atoms with Crippen LogP contribution < -0.4 is 5.32 Å². The van der Waals surface area contributed by atoms with E-state index in [-0.39, 0.29) is 10.8 Å². The largest absolute Gasteiger partial charge is 0.352 e. The number of benzene rings is 1. The van der Waals surface area contributed by atoms with Crippen LogP contribution in [0, 0.1) is 23.2 Å². The molecule has 0 unspecified atom stereocenters. The average molecular weight is 469 g/mol. The van der Waals surface area contributed by atoms with E-state index in [0.29, 0.717) is 22.0 Å². The van der Waals surface area contributed by atoms with Gasteiger partial charge in [-0.2, -0.15) is 0 Å². The van der Waals surface area contributed by atoms with Gasteiger partial charge in [0.2, 0.25) is 10.0 Å². The third-order valence-corrected chi connectivity index (χ3v) is 9.87. The summed E-state index contributed by atoms with van der Waals surface area (Å²) in [5.74, 6) is 2.53. The van der Waals surface area contributed by atoms with Crippen molar-refractivity contribution < 1.29 is 13.2 Å². The molecule has 4 aliphatic rings. The quantitative estimate of drug-likeness (QED) is 0.684. The molecule has 0 saturated heterocycles. The van der Waals surface area contributed by atoms with Crippen LogP contribution in [0.5, 0.6) is 0 Å². The molecule has 4 aliphatic carbocycles. The molecule has 4 saturated carbocycles. The van der Waals surface area contributed by atoms with Crippen molar-refractivity contribution in [1.82, 2.24) is 9.62 Å². The number of sulfonamides is 1. The average Bonchev–Trinajstić information content (AvgIpc) is 2.60. The summed E-state index contributed by atoms with van der Waals surface area (Å²) in [5.41, 5.74) is 0.815. The van der Waals surface area contributed by atoms with Crippen molar-refractivity contribution in [3.05, 3.63) is 28.2 Å². The molecule has 0 atom stereocenters. The molecule has 0 aliphatic heterocycles. The Morgan fingerprint density at radius 3 is 2.25 bits per heavy atom. The van der Waals surface area contributed by atoms with Gasteiger partial charge >= 0.3 is 0 Å². The fraction of sp³-hybridized carbons (Fsp3) is 0.667. The summed E-state index contributed by atoms with van der Waals surface area (Å²) in [6, 6.07) is 4.75. The highest BCUT2D eigenvalue weighted by atomic mass is 79.9. The Morgan fingerprint density at radius 1 is 1.14 bits per heavy atom. The Bertz CT molecular complexity index is 846. The predicted molar refractivity (Wildman–Crippen MR) is 113 cm³/mol. The van der Waals surface area contributed by atoms with Crippen LogP contribution in [0.15, 0.2) is 27.6 Å². The van der Waals surface area contributed by atoms with E-state index in [4.69, 9.17) is 0 Å². The Balaban J connectivity index is 1.41. The molecule has 1 aromatic carbocycles. The number of carbonyl (C=O) groups is 1. The first-order chi connectivity index (χ1) is 13.2. The van der Waals surface area contributed by atoms with Crippen LogP contribution in [0.3, 0.4) is 0 Å². The Hall–Kier alpha value is -0.920. The van der Waals surface area contributed by atoms with E-state index in [1.807, 2.05) is 0 Å². The highest BCUT2D eigenvalue weighted by Crippen LogP contribution is 2.61. The Morgan fingerprint density at radius 2 is 1.71 bits per heavy atom. The van der Waals surface area contributed by atoms with Crippen molar-refractivity contribution in [2.45, 2.75) is 49.8 Å². The second kappa shape index (κ2) is 7.40. The fourth-order valence-electron chi connectivity index (χ4n) is 6.18. The van der Waals surface area contributed by atoms with Crippen LogP contribution in [0.4, 0.5) is 0 Å². The van der Waals surface area contributed by atoms with Gasteiger partial charge < -0.3 is 5.32 Å². The maximum absolute atomic E-state index is 12.7. The Kier molecular flexibility index (Phi) is 5.38. The van der Waals surface area contributed by atoms with Gasteiger partial charge in [-0.05, 0) is 102 Å². The van der Waals surface area contributed by atoms with Gasteiger partial charge in [0.15, 0.2) is 0 Å². The van der Waals surface area contributed by atoms with Gasteiger partial charge in [-0.25, -0.2) is 12.7 Å². The molecule has 5 rings (SSSR count). The van der Waals surface area contributed by atoms with Crippen molar-refractivity contribution in [1.29, 1.82) is 0 Å². The fourth-order valence-corrected chi connectivity index (χ4v) is 8.02. The smallest absolute Gasteiger partial charge is 0.251 e. The lowest BCUT2D eigenvalue weighted by Crippen LogP contribution is -2.47. The van der Waals surface area contributed by atoms with Crippen LogP contribution in [0.1, 0.15) is 55.3 Å². The Labute approximate surface area is 176 Å². The molecule has 4 bridgehead atoms. The monoisotopic (exact) mass is 468 g/mol. The molecule has 5 nitrogen and oxygen atoms in total. The first-order valence-electron chi connectivity index (χ1n) is 10.2. The van der Waals surface area contributed by atoms with E-state index in [2.05, 4.69) is 21.2 Å². The van der Waals surface area contributed by atoms with E-state index in [9.17, 15) is 13.2 Å². The first-order valence-corrected chi connectivity index (χ1v) is 12.4. The molecule has 0 aromatic heterocycles. The number of nitrogens with zero attached hydrogens (tertiary/aromatic N) is 1. The predicted octanol–water partition coefficient (Wildman–Crippen LogP) is 4.04. The van der Waals surface area contributed by atoms with E-state index in [1.165, 1.54) is 58.7 Å². The molecule has 7 heteroatoms. The summed E-state index contributed by atoms with van der Waals surface area (Å²) in [5, 5.41) is 3.04. The molecule has 4 fully saturated rings. The summed E-state index contributed by atoms with van der Waals surface area (Å²) >= 11 is 3.29. The normalized spacial score (nSPS) is 31.4. The molecule has 0 spiro atoms. The molecule has 1 amide bonds. The zero-order valence-corrected chi connectivity index (χ0v) is 19.0. The van der Waals surface area contributed by atoms with Crippen LogP contribution in [-0.4, -0.2) is 39.3 Å². The zero-order chi connectivity index (χ0) is 20.1. The third-order valence-electron chi connectivity index (χ3n) is 7.06. The summed E-state index contributed by atoms with van der Waals surface area (Å²) in [4.78, 5) is 12.8. The highest BCUT2D eigenvalue weighted by Gasteiger charge is 2.50. The lowest BCUT2D eigenvalue weighted by Gasteiger charge is -2.57. The topological polar surface area (TPSA) is 66.5 Å². The minimum absolute atomic E-state index is 0.117. The van der Waals surface area contributed by atoms with Gasteiger partial charge in [0.05, 0.1) is 4.90 Å². The van der Waals surface area contributed by atoms with Crippen molar-refractivity contribution in [2.75, 3.05) is 20.6 Å². The van der Waals surface area contributed by atoms with Crippen LogP contribution in [0.25, 0.3) is 0 Å². The second-order valence-electron chi connectivity index (χ2n) is 9.36. The number of carbonyl (C=O) groups excluding carboxylic acids is 1. The van der Waals surface area contributed by atoms with Crippen LogP contribution in [0.2, 0.25) is 0 Å². The minimum Gasteiger partial charge on any atom is -0.352 e. The van der Waals surface area contributed by atoms with Gasteiger partial charge in [-0.3, -0.25) is 4.79 Å². The zero-order valence-electron chi connectivity index (χ0n) is 16.6. The van der Waals surface area contributed by atoms with Crippen molar-refractivity contribution in [3.63, 3.8) is 0 Å². The molecule has 0 heterocycles. The summed E-state index contributed by atoms with van der Waals surface area (Å²) in [7, 11) is -0.636. The molecular formula is C21H29BrN2O3S. The number of amides is 1. The maximum atomic E-state index is 12.7. The van der Waals surface area contributed by atoms with Crippen LogP contribution in [-0.2, 0) is 10.0 Å². The van der Waals surface area contributed by atoms with Crippen molar-refractivity contribution >= 4 is 31.9 Å². The SMILES string of the molecule is CN(C)S(=O)(=O)c1cc(C(=O)NCCC23CC4CC(CC(C4)C2)C3)ccc1Br. The molecule has 1 aromatic rings. The molecule has 154 valence electrons. The standard InChI is InChI=1S/C21H29BrN2O3S/c1-24(2)28(26,27)19-10-17(3-4-18(19)22)20(25)23-6-5-21-11-14-7-15(12-21)9-16(8-14)13-21/h3-4,10,14-16H,5-9,11-13H2,1-2H3,(H,23,25). The third kappa shape index (κ3) is 3.77. The van der Waals surface area contributed by atoms with Crippen LogP contribution >= 0.6 is 15.9 Å². The lowest BCUT2D eigenvalue weighted by atomic mass is 9.49. The van der Waals surface area contributed by atoms with E-state index >= 15 is 0 Å². The van der Waals surface area contributed by atoms with Gasteiger partial charge in [0.25, 0.3) is 5.91 Å². The van der Waals surface area contributed by atoms with E-state index < -0.39 is 10.0 Å². The van der Waals surface area contributed by atoms with Crippen molar-refractivity contribution in [3.8, 4) is 0 Å². The van der Waals surface area contributed by atoms with Gasteiger partial charge in [0.1, 0.15) is 0 Å². The number of hydrogen-bond donors (Lipinski definition) is 1. The summed E-state index contributed by atoms with van der Waals surface area (Å²) in [6.07, 6.45) is 9.31. The number of nitrogens with one attached hydrogen (secondary N) is 1. The maximum Gasteiger partial charge on any atom is 0.251 e. The van der Waals surface area contributed by atoms with E-state index in [1.54, 1.807) is 12.1 Å². The van der Waals surface area contributed by atoms with Gasteiger partial charge in [-0.15, -0.1) is 0 Å². The summed E-state index contributed by atoms with van der Waals surface area (Å²) < 4.78 is 26.5. The first kappa shape index (κ1) is 20.4. The van der Waals surface area contributed by atoms with E-state index in [0.717, 1.165) is 28.5 Å².